The van der Waals surface area contributed by atoms with E-state index in [2.05, 4.69) is 21.9 Å². The normalized spacial score (nSPS) is 15.6. The van der Waals surface area contributed by atoms with Gasteiger partial charge in [-0.25, -0.2) is 9.97 Å². The molecular formula is C22H26N4O2. The highest BCUT2D eigenvalue weighted by atomic mass is 16.5. The minimum absolute atomic E-state index is 0.576. The average molecular weight is 378 g/mol. The predicted octanol–water partition coefficient (Wildman–Crippen LogP) is 3.61. The third kappa shape index (κ3) is 3.87. The summed E-state index contributed by atoms with van der Waals surface area (Å²) in [7, 11) is 3.83. The SMILES string of the molecule is COc1cc2c(-c3ccc(N)cc3)ncnc2cc1OCC1CCN(C)CC1. The summed E-state index contributed by atoms with van der Waals surface area (Å²) in [5, 5.41) is 0.927. The maximum atomic E-state index is 6.15. The van der Waals surface area contributed by atoms with Crippen molar-refractivity contribution in [2.45, 2.75) is 12.8 Å². The molecule has 2 N–H and O–H groups in total. The number of ether oxygens (including phenoxy) is 2. The fourth-order valence-corrected chi connectivity index (χ4v) is 3.64. The molecule has 28 heavy (non-hydrogen) atoms. The molecule has 4 rings (SSSR count). The number of likely N-dealkylation sites (tertiary alicyclic amines) is 1. The Hall–Kier alpha value is -2.86. The highest BCUT2D eigenvalue weighted by Crippen LogP contribution is 2.36. The molecule has 6 nitrogen and oxygen atoms in total. The molecule has 2 heterocycles. The van der Waals surface area contributed by atoms with Crippen molar-refractivity contribution < 1.29 is 9.47 Å². The summed E-state index contributed by atoms with van der Waals surface area (Å²) in [4.78, 5) is 11.3. The number of nitrogens with zero attached hydrogens (tertiary/aromatic N) is 3. The number of nitrogen functional groups attached to an aromatic ring is 1. The number of methoxy groups -OCH3 is 1. The third-order valence-corrected chi connectivity index (χ3v) is 5.42. The van der Waals surface area contributed by atoms with Gasteiger partial charge in [0, 0.05) is 22.7 Å². The van der Waals surface area contributed by atoms with Gasteiger partial charge >= 0.3 is 0 Å². The van der Waals surface area contributed by atoms with Crippen LogP contribution in [0.4, 0.5) is 5.69 Å². The van der Waals surface area contributed by atoms with Gasteiger partial charge in [-0.05, 0) is 57.1 Å². The van der Waals surface area contributed by atoms with Gasteiger partial charge in [0.15, 0.2) is 11.5 Å². The summed E-state index contributed by atoms with van der Waals surface area (Å²) < 4.78 is 11.8. The number of benzene rings is 2. The Morgan fingerprint density at radius 1 is 1.07 bits per heavy atom. The number of piperidine rings is 1. The van der Waals surface area contributed by atoms with Crippen molar-refractivity contribution in [1.29, 1.82) is 0 Å². The maximum absolute atomic E-state index is 6.15. The zero-order valence-electron chi connectivity index (χ0n) is 16.4. The minimum Gasteiger partial charge on any atom is -0.493 e. The molecule has 0 radical (unpaired) electrons. The van der Waals surface area contributed by atoms with Gasteiger partial charge in [-0.3, -0.25) is 0 Å². The van der Waals surface area contributed by atoms with E-state index in [-0.39, 0.29) is 0 Å². The van der Waals surface area contributed by atoms with Crippen molar-refractivity contribution >= 4 is 16.6 Å². The van der Waals surface area contributed by atoms with Crippen LogP contribution in [0.5, 0.6) is 11.5 Å². The molecule has 1 saturated heterocycles. The highest BCUT2D eigenvalue weighted by molar-refractivity contribution is 5.94. The van der Waals surface area contributed by atoms with Crippen molar-refractivity contribution in [2.75, 3.05) is 39.6 Å². The molecule has 1 aromatic heterocycles. The maximum Gasteiger partial charge on any atom is 0.163 e. The van der Waals surface area contributed by atoms with Crippen LogP contribution in [0.15, 0.2) is 42.7 Å². The van der Waals surface area contributed by atoms with E-state index in [1.54, 1.807) is 13.4 Å². The molecule has 0 amide bonds. The van der Waals surface area contributed by atoms with Gasteiger partial charge in [0.05, 0.1) is 24.9 Å². The molecule has 0 aliphatic carbocycles. The number of aromatic nitrogens is 2. The Labute approximate surface area is 165 Å². The molecule has 1 aliphatic rings. The van der Waals surface area contributed by atoms with Crippen LogP contribution in [0, 0.1) is 5.92 Å². The molecule has 146 valence electrons. The number of rotatable bonds is 5. The van der Waals surface area contributed by atoms with Crippen molar-refractivity contribution in [2.24, 2.45) is 5.92 Å². The summed E-state index contributed by atoms with van der Waals surface area (Å²) in [6.07, 6.45) is 3.91. The quantitative estimate of drug-likeness (QED) is 0.684. The molecule has 3 aromatic rings. The lowest BCUT2D eigenvalue weighted by atomic mass is 9.98. The number of hydrogen-bond acceptors (Lipinski definition) is 6. The summed E-state index contributed by atoms with van der Waals surface area (Å²) >= 11 is 0. The first-order chi connectivity index (χ1) is 13.6. The van der Waals surface area contributed by atoms with Crippen LogP contribution in [0.3, 0.4) is 0 Å². The zero-order valence-corrected chi connectivity index (χ0v) is 16.4. The van der Waals surface area contributed by atoms with E-state index in [1.165, 1.54) is 0 Å². The fraction of sp³-hybridized carbons (Fsp3) is 0.364. The number of anilines is 1. The first-order valence-corrected chi connectivity index (χ1v) is 9.64. The van der Waals surface area contributed by atoms with Crippen molar-refractivity contribution in [3.05, 3.63) is 42.7 Å². The van der Waals surface area contributed by atoms with E-state index in [9.17, 15) is 0 Å². The summed E-state index contributed by atoms with van der Waals surface area (Å²) in [6, 6.07) is 11.6. The summed E-state index contributed by atoms with van der Waals surface area (Å²) in [5.41, 5.74) is 9.22. The summed E-state index contributed by atoms with van der Waals surface area (Å²) in [6.45, 7) is 2.95. The molecular weight excluding hydrogens is 352 g/mol. The molecule has 1 aliphatic heterocycles. The Bertz CT molecular complexity index is 951. The van der Waals surface area contributed by atoms with Crippen LogP contribution in [-0.4, -0.2) is 48.7 Å². The van der Waals surface area contributed by atoms with Gasteiger partial charge < -0.3 is 20.1 Å². The number of fused-ring (bicyclic) bond motifs is 1. The van der Waals surface area contributed by atoms with Crippen LogP contribution in [0.25, 0.3) is 22.2 Å². The molecule has 0 atom stereocenters. The fourth-order valence-electron chi connectivity index (χ4n) is 3.64. The van der Waals surface area contributed by atoms with E-state index >= 15 is 0 Å². The topological polar surface area (TPSA) is 73.5 Å². The van der Waals surface area contributed by atoms with Crippen LogP contribution in [-0.2, 0) is 0 Å². The Kier molecular flexibility index (Phi) is 5.30. The van der Waals surface area contributed by atoms with Crippen LogP contribution >= 0.6 is 0 Å². The predicted molar refractivity (Wildman–Crippen MR) is 112 cm³/mol. The second-order valence-corrected chi connectivity index (χ2v) is 7.42. The molecule has 0 unspecified atom stereocenters. The Morgan fingerprint density at radius 3 is 2.54 bits per heavy atom. The van der Waals surface area contributed by atoms with Crippen LogP contribution in [0.2, 0.25) is 0 Å². The Balaban J connectivity index is 1.63. The monoisotopic (exact) mass is 378 g/mol. The van der Waals surface area contributed by atoms with Gasteiger partial charge in [-0.1, -0.05) is 12.1 Å². The lowest BCUT2D eigenvalue weighted by Gasteiger charge is -2.28. The Morgan fingerprint density at radius 2 is 1.82 bits per heavy atom. The van der Waals surface area contributed by atoms with Gasteiger partial charge in [0.1, 0.15) is 6.33 Å². The molecule has 0 bridgehead atoms. The number of nitrogens with two attached hydrogens (primary N) is 1. The second-order valence-electron chi connectivity index (χ2n) is 7.42. The average Bonchev–Trinajstić information content (AvgIpc) is 2.73. The van der Waals surface area contributed by atoms with E-state index in [0.717, 1.165) is 59.5 Å². The zero-order chi connectivity index (χ0) is 19.5. The van der Waals surface area contributed by atoms with E-state index in [4.69, 9.17) is 15.2 Å². The number of hydrogen-bond donors (Lipinski definition) is 1. The highest BCUT2D eigenvalue weighted by Gasteiger charge is 2.19. The van der Waals surface area contributed by atoms with E-state index in [0.29, 0.717) is 18.3 Å². The van der Waals surface area contributed by atoms with Crippen LogP contribution < -0.4 is 15.2 Å². The standard InChI is InChI=1S/C22H26N4O2/c1-26-9-7-15(8-10-26)13-28-21-12-19-18(11-20(21)27-2)22(25-14-24-19)16-3-5-17(23)6-4-16/h3-6,11-12,14-15H,7-10,13,23H2,1-2H3. The van der Waals surface area contributed by atoms with Gasteiger partial charge in [0.25, 0.3) is 0 Å². The van der Waals surface area contributed by atoms with Gasteiger partial charge in [0.2, 0.25) is 0 Å². The van der Waals surface area contributed by atoms with Crippen molar-refractivity contribution in [3.63, 3.8) is 0 Å². The van der Waals surface area contributed by atoms with E-state index in [1.807, 2.05) is 36.4 Å². The van der Waals surface area contributed by atoms with Gasteiger partial charge in [-0.15, -0.1) is 0 Å². The lowest BCUT2D eigenvalue weighted by Crippen LogP contribution is -2.32. The van der Waals surface area contributed by atoms with Crippen molar-refractivity contribution in [1.82, 2.24) is 14.9 Å². The molecule has 0 saturated carbocycles. The second kappa shape index (κ2) is 8.02. The van der Waals surface area contributed by atoms with Crippen molar-refractivity contribution in [3.8, 4) is 22.8 Å². The van der Waals surface area contributed by atoms with Crippen LogP contribution in [0.1, 0.15) is 12.8 Å². The first kappa shape index (κ1) is 18.5. The van der Waals surface area contributed by atoms with Gasteiger partial charge in [-0.2, -0.15) is 0 Å². The smallest absolute Gasteiger partial charge is 0.163 e. The molecule has 1 fully saturated rings. The third-order valence-electron chi connectivity index (χ3n) is 5.42. The first-order valence-electron chi connectivity index (χ1n) is 9.64. The summed E-state index contributed by atoms with van der Waals surface area (Å²) in [5.74, 6) is 2.01. The lowest BCUT2D eigenvalue weighted by molar-refractivity contribution is 0.157. The molecule has 2 aromatic carbocycles. The minimum atomic E-state index is 0.576. The molecule has 0 spiro atoms. The largest absolute Gasteiger partial charge is 0.493 e. The van der Waals surface area contributed by atoms with E-state index < -0.39 is 0 Å². The molecule has 6 heteroatoms.